The number of carbonyl (C=O) groups is 2. The fraction of sp³-hybridized carbons (Fsp3) is 0.667. The van der Waals surface area contributed by atoms with E-state index >= 15 is 0 Å². The Morgan fingerprint density at radius 1 is 0.536 bits per heavy atom. The van der Waals surface area contributed by atoms with Gasteiger partial charge in [-0.25, -0.2) is 9.59 Å². The van der Waals surface area contributed by atoms with E-state index in [1.165, 1.54) is 76.4 Å². The Morgan fingerprint density at radius 2 is 0.857 bits per heavy atom. The summed E-state index contributed by atoms with van der Waals surface area (Å²) < 4.78 is 9.89. The molecule has 0 saturated carbocycles. The molecule has 0 fully saturated rings. The van der Waals surface area contributed by atoms with E-state index in [0.29, 0.717) is 13.2 Å². The molecule has 0 spiro atoms. The molecule has 4 heteroatoms. The van der Waals surface area contributed by atoms with Crippen molar-refractivity contribution in [1.82, 2.24) is 0 Å². The van der Waals surface area contributed by atoms with Crippen LogP contribution in [0.3, 0.4) is 0 Å². The summed E-state index contributed by atoms with van der Waals surface area (Å²) in [4.78, 5) is 21.7. The number of ether oxygens (including phenoxy) is 2. The van der Waals surface area contributed by atoms with Gasteiger partial charge in [0.05, 0.1) is 13.2 Å². The molecule has 0 aliphatic carbocycles. The Morgan fingerprint density at radius 3 is 1.21 bits per heavy atom. The first kappa shape index (κ1) is 26.2. The quantitative estimate of drug-likeness (QED) is 0.103. The molecule has 0 aromatic heterocycles. The van der Waals surface area contributed by atoms with E-state index in [0.717, 1.165) is 25.7 Å². The van der Waals surface area contributed by atoms with E-state index in [-0.39, 0.29) is 11.9 Å². The standard InChI is InChI=1S/C24H40O4/c1-3-23(25)27-21-19-17-15-13-11-9-7-5-6-8-10-12-14-16-18-20-22-28-24(26)4-2/h3-6H,1-2,7-22H2. The van der Waals surface area contributed by atoms with Gasteiger partial charge in [0.1, 0.15) is 0 Å². The third-order valence-corrected chi connectivity index (χ3v) is 4.52. The molecule has 0 saturated heterocycles. The second kappa shape index (κ2) is 21.5. The van der Waals surface area contributed by atoms with Crippen LogP contribution in [0.1, 0.15) is 89.9 Å². The maximum Gasteiger partial charge on any atom is 0.330 e. The summed E-state index contributed by atoms with van der Waals surface area (Å²) >= 11 is 0. The summed E-state index contributed by atoms with van der Waals surface area (Å²) in [5.74, 6) is -0.647. The van der Waals surface area contributed by atoms with Crippen molar-refractivity contribution >= 4 is 11.9 Å². The fourth-order valence-electron chi connectivity index (χ4n) is 2.84. The van der Waals surface area contributed by atoms with Gasteiger partial charge >= 0.3 is 11.9 Å². The van der Waals surface area contributed by atoms with Crippen molar-refractivity contribution in [1.29, 1.82) is 0 Å². The van der Waals surface area contributed by atoms with Crippen molar-refractivity contribution in [2.45, 2.75) is 89.9 Å². The third-order valence-electron chi connectivity index (χ3n) is 4.52. The smallest absolute Gasteiger partial charge is 0.330 e. The molecule has 4 nitrogen and oxygen atoms in total. The molecule has 0 aromatic carbocycles. The Hall–Kier alpha value is -1.84. The summed E-state index contributed by atoms with van der Waals surface area (Å²) in [6.07, 6.45) is 23.6. The molecule has 0 amide bonds. The minimum atomic E-state index is -0.324. The fourth-order valence-corrected chi connectivity index (χ4v) is 2.84. The number of carbonyl (C=O) groups excluding carboxylic acids is 2. The van der Waals surface area contributed by atoms with Gasteiger partial charge in [0.15, 0.2) is 0 Å². The van der Waals surface area contributed by atoms with Gasteiger partial charge in [-0.3, -0.25) is 0 Å². The van der Waals surface area contributed by atoms with Crippen molar-refractivity contribution in [3.8, 4) is 0 Å². The number of rotatable bonds is 20. The maximum atomic E-state index is 10.9. The summed E-state index contributed by atoms with van der Waals surface area (Å²) in [7, 11) is 0. The molecule has 0 aliphatic heterocycles. The molecule has 0 N–H and O–H groups in total. The lowest BCUT2D eigenvalue weighted by Crippen LogP contribution is -2.01. The van der Waals surface area contributed by atoms with Gasteiger partial charge in [0.2, 0.25) is 0 Å². The van der Waals surface area contributed by atoms with Crippen LogP contribution in [0.2, 0.25) is 0 Å². The predicted molar refractivity (Wildman–Crippen MR) is 116 cm³/mol. The van der Waals surface area contributed by atoms with Crippen LogP contribution in [0.15, 0.2) is 37.5 Å². The van der Waals surface area contributed by atoms with E-state index in [2.05, 4.69) is 25.3 Å². The van der Waals surface area contributed by atoms with E-state index in [1.807, 2.05) is 0 Å². The van der Waals surface area contributed by atoms with Crippen LogP contribution < -0.4 is 0 Å². The van der Waals surface area contributed by atoms with Crippen LogP contribution >= 0.6 is 0 Å². The lowest BCUT2D eigenvalue weighted by molar-refractivity contribution is -0.138. The van der Waals surface area contributed by atoms with Crippen LogP contribution in [0.5, 0.6) is 0 Å². The summed E-state index contributed by atoms with van der Waals surface area (Å²) in [6, 6.07) is 0. The van der Waals surface area contributed by atoms with Crippen LogP contribution in [0.25, 0.3) is 0 Å². The summed E-state index contributed by atoms with van der Waals surface area (Å²) in [6.45, 7) is 7.77. The average molecular weight is 393 g/mol. The molecule has 0 aliphatic rings. The number of esters is 2. The molecule has 28 heavy (non-hydrogen) atoms. The van der Waals surface area contributed by atoms with Gasteiger partial charge in [0, 0.05) is 12.2 Å². The first-order valence-electron chi connectivity index (χ1n) is 10.9. The highest BCUT2D eigenvalue weighted by atomic mass is 16.5. The van der Waals surface area contributed by atoms with Gasteiger partial charge in [0.25, 0.3) is 0 Å². The zero-order valence-electron chi connectivity index (χ0n) is 17.7. The number of unbranched alkanes of at least 4 members (excludes halogenated alkanes) is 12. The Kier molecular flexibility index (Phi) is 20.0. The molecule has 0 aromatic rings. The van der Waals surface area contributed by atoms with Gasteiger partial charge in [-0.2, -0.15) is 0 Å². The number of hydrogen-bond donors (Lipinski definition) is 0. The first-order chi connectivity index (χ1) is 13.7. The van der Waals surface area contributed by atoms with Crippen molar-refractivity contribution in [3.63, 3.8) is 0 Å². The summed E-state index contributed by atoms with van der Waals surface area (Å²) in [5, 5.41) is 0. The lowest BCUT2D eigenvalue weighted by Gasteiger charge is -2.02. The van der Waals surface area contributed by atoms with Gasteiger partial charge in [-0.15, -0.1) is 0 Å². The van der Waals surface area contributed by atoms with Crippen LogP contribution in [0, 0.1) is 0 Å². The second-order valence-electron chi connectivity index (χ2n) is 7.03. The molecular formula is C24H40O4. The second-order valence-corrected chi connectivity index (χ2v) is 7.03. The highest BCUT2D eigenvalue weighted by molar-refractivity contribution is 5.81. The summed E-state index contributed by atoms with van der Waals surface area (Å²) in [5.41, 5.74) is 0. The van der Waals surface area contributed by atoms with E-state index in [9.17, 15) is 9.59 Å². The number of allylic oxidation sites excluding steroid dienone is 2. The Labute approximate surface area is 172 Å². The zero-order valence-corrected chi connectivity index (χ0v) is 17.7. The molecule has 0 rings (SSSR count). The molecule has 160 valence electrons. The van der Waals surface area contributed by atoms with E-state index < -0.39 is 0 Å². The van der Waals surface area contributed by atoms with Crippen LogP contribution in [0.4, 0.5) is 0 Å². The predicted octanol–water partition coefficient (Wildman–Crippen LogP) is 6.46. The molecule has 0 atom stereocenters. The van der Waals surface area contributed by atoms with E-state index in [4.69, 9.17) is 9.47 Å². The topological polar surface area (TPSA) is 52.6 Å². The highest BCUT2D eigenvalue weighted by Gasteiger charge is 1.96. The molecule has 0 unspecified atom stereocenters. The molecule has 0 bridgehead atoms. The normalized spacial score (nSPS) is 10.7. The highest BCUT2D eigenvalue weighted by Crippen LogP contribution is 2.10. The van der Waals surface area contributed by atoms with Crippen molar-refractivity contribution in [3.05, 3.63) is 37.5 Å². The Bertz CT molecular complexity index is 400. The SMILES string of the molecule is C=CC(=O)OCCCCCCCCC=CCCCCCCCCOC(=O)C=C. The zero-order chi connectivity index (χ0) is 20.7. The van der Waals surface area contributed by atoms with Gasteiger partial charge in [-0.1, -0.05) is 76.7 Å². The van der Waals surface area contributed by atoms with Crippen LogP contribution in [-0.4, -0.2) is 25.2 Å². The largest absolute Gasteiger partial charge is 0.463 e. The average Bonchev–Trinajstić information content (AvgIpc) is 2.71. The monoisotopic (exact) mass is 392 g/mol. The van der Waals surface area contributed by atoms with Crippen LogP contribution in [-0.2, 0) is 19.1 Å². The van der Waals surface area contributed by atoms with Gasteiger partial charge < -0.3 is 9.47 Å². The molecule has 0 heterocycles. The van der Waals surface area contributed by atoms with Crippen molar-refractivity contribution in [2.24, 2.45) is 0 Å². The molecular weight excluding hydrogens is 352 g/mol. The lowest BCUT2D eigenvalue weighted by atomic mass is 10.1. The minimum absolute atomic E-state index is 0.324. The molecule has 0 radical (unpaired) electrons. The third kappa shape index (κ3) is 20.5. The van der Waals surface area contributed by atoms with Crippen molar-refractivity contribution < 1.29 is 19.1 Å². The Balaban J connectivity index is 3.16. The van der Waals surface area contributed by atoms with Gasteiger partial charge in [-0.05, 0) is 38.5 Å². The van der Waals surface area contributed by atoms with E-state index in [1.54, 1.807) is 0 Å². The maximum absolute atomic E-state index is 10.9. The minimum Gasteiger partial charge on any atom is -0.463 e. The first-order valence-corrected chi connectivity index (χ1v) is 10.9. The number of hydrogen-bond acceptors (Lipinski definition) is 4. The van der Waals surface area contributed by atoms with Crippen molar-refractivity contribution in [2.75, 3.05) is 13.2 Å².